The van der Waals surface area contributed by atoms with E-state index < -0.39 is 0 Å². The fraction of sp³-hybridized carbons (Fsp3) is 0.143. The second-order valence-corrected chi connectivity index (χ2v) is 4.13. The number of hydrogen-bond donors (Lipinski definition) is 3. The molecular weight excluding hydrogens is 214 g/mol. The summed E-state index contributed by atoms with van der Waals surface area (Å²) in [6.45, 7) is 1.99. The first kappa shape index (κ1) is 11.3. The highest BCUT2D eigenvalue weighted by Crippen LogP contribution is 2.33. The summed E-state index contributed by atoms with van der Waals surface area (Å²) in [5, 5.41) is 19.1. The van der Waals surface area contributed by atoms with Crippen LogP contribution < -0.4 is 5.73 Å². The van der Waals surface area contributed by atoms with Gasteiger partial charge in [-0.3, -0.25) is 0 Å². The van der Waals surface area contributed by atoms with Gasteiger partial charge in [0, 0.05) is 23.2 Å². The third kappa shape index (κ3) is 2.33. The Balaban J connectivity index is 2.40. The summed E-state index contributed by atoms with van der Waals surface area (Å²) in [4.78, 5) is 0. The summed E-state index contributed by atoms with van der Waals surface area (Å²) in [6, 6.07) is 12.2. The fourth-order valence-corrected chi connectivity index (χ4v) is 1.91. The van der Waals surface area contributed by atoms with E-state index in [9.17, 15) is 10.2 Å². The van der Waals surface area contributed by atoms with Crippen LogP contribution in [0.15, 0.2) is 42.5 Å². The van der Waals surface area contributed by atoms with Crippen molar-refractivity contribution >= 4 is 5.69 Å². The highest BCUT2D eigenvalue weighted by molar-refractivity contribution is 5.48. The van der Waals surface area contributed by atoms with Gasteiger partial charge in [0.25, 0.3) is 0 Å². The number of nitrogen functional groups attached to an aromatic ring is 1. The lowest BCUT2D eigenvalue weighted by molar-refractivity contribution is 0.444. The van der Waals surface area contributed by atoms with Crippen LogP contribution in [0.5, 0.6) is 11.5 Å². The Hall–Kier alpha value is -2.16. The number of phenols is 2. The Bertz CT molecular complexity index is 537. The summed E-state index contributed by atoms with van der Waals surface area (Å²) in [7, 11) is 0. The Labute approximate surface area is 100 Å². The number of anilines is 1. The SMILES string of the molecule is CC(c1cccc(N)c1)c1ccc(O)cc1O. The molecule has 3 heteroatoms. The van der Waals surface area contributed by atoms with E-state index in [4.69, 9.17) is 5.73 Å². The van der Waals surface area contributed by atoms with Gasteiger partial charge in [0.1, 0.15) is 11.5 Å². The van der Waals surface area contributed by atoms with Crippen LogP contribution >= 0.6 is 0 Å². The molecule has 0 saturated heterocycles. The van der Waals surface area contributed by atoms with E-state index in [2.05, 4.69) is 0 Å². The summed E-state index contributed by atoms with van der Waals surface area (Å²) in [5.41, 5.74) is 8.24. The Morgan fingerprint density at radius 2 is 1.82 bits per heavy atom. The molecule has 0 spiro atoms. The highest BCUT2D eigenvalue weighted by atomic mass is 16.3. The molecule has 1 atom stereocenters. The van der Waals surface area contributed by atoms with Gasteiger partial charge in [-0.25, -0.2) is 0 Å². The van der Waals surface area contributed by atoms with Crippen LogP contribution in [0, 0.1) is 0 Å². The first-order valence-electron chi connectivity index (χ1n) is 5.45. The molecule has 0 aliphatic carbocycles. The number of nitrogens with two attached hydrogens (primary N) is 1. The summed E-state index contributed by atoms with van der Waals surface area (Å²) in [6.07, 6.45) is 0. The first-order valence-corrected chi connectivity index (χ1v) is 5.45. The van der Waals surface area contributed by atoms with E-state index in [1.165, 1.54) is 6.07 Å². The average Bonchev–Trinajstić information content (AvgIpc) is 2.28. The molecule has 0 saturated carbocycles. The quantitative estimate of drug-likeness (QED) is 0.694. The van der Waals surface area contributed by atoms with Crippen LogP contribution in [0.1, 0.15) is 24.0 Å². The lowest BCUT2D eigenvalue weighted by Crippen LogP contribution is -1.97. The van der Waals surface area contributed by atoms with Gasteiger partial charge in [0.05, 0.1) is 0 Å². The zero-order valence-electron chi connectivity index (χ0n) is 9.59. The van der Waals surface area contributed by atoms with Crippen molar-refractivity contribution in [1.29, 1.82) is 0 Å². The van der Waals surface area contributed by atoms with Crippen LogP contribution in [-0.2, 0) is 0 Å². The van der Waals surface area contributed by atoms with E-state index in [-0.39, 0.29) is 17.4 Å². The maximum Gasteiger partial charge on any atom is 0.123 e. The van der Waals surface area contributed by atoms with Gasteiger partial charge in [0.2, 0.25) is 0 Å². The van der Waals surface area contributed by atoms with Gasteiger partial charge in [-0.2, -0.15) is 0 Å². The minimum Gasteiger partial charge on any atom is -0.508 e. The monoisotopic (exact) mass is 229 g/mol. The standard InChI is InChI=1S/C14H15NO2/c1-9(10-3-2-4-11(15)7-10)13-6-5-12(16)8-14(13)17/h2-9,16-17H,15H2,1H3. The number of aromatic hydroxyl groups is 2. The molecule has 0 bridgehead atoms. The summed E-state index contributed by atoms with van der Waals surface area (Å²) in [5.74, 6) is 0.185. The molecule has 3 nitrogen and oxygen atoms in total. The van der Waals surface area contributed by atoms with Crippen LogP contribution in [0.25, 0.3) is 0 Å². The van der Waals surface area contributed by atoms with Gasteiger partial charge < -0.3 is 15.9 Å². The average molecular weight is 229 g/mol. The largest absolute Gasteiger partial charge is 0.508 e. The first-order chi connectivity index (χ1) is 8.08. The minimum absolute atomic E-state index is 0.0269. The lowest BCUT2D eigenvalue weighted by atomic mass is 9.92. The van der Waals surface area contributed by atoms with Gasteiger partial charge in [-0.05, 0) is 23.8 Å². The second-order valence-electron chi connectivity index (χ2n) is 4.13. The fourth-order valence-electron chi connectivity index (χ4n) is 1.91. The maximum atomic E-state index is 9.80. The van der Waals surface area contributed by atoms with Gasteiger partial charge in [-0.1, -0.05) is 25.1 Å². The van der Waals surface area contributed by atoms with Crippen molar-refractivity contribution in [2.45, 2.75) is 12.8 Å². The van der Waals surface area contributed by atoms with Crippen molar-refractivity contribution in [2.75, 3.05) is 5.73 Å². The topological polar surface area (TPSA) is 66.5 Å². The highest BCUT2D eigenvalue weighted by Gasteiger charge is 2.13. The molecule has 0 aliphatic heterocycles. The minimum atomic E-state index is 0.0269. The van der Waals surface area contributed by atoms with E-state index >= 15 is 0 Å². The molecule has 0 amide bonds. The second kappa shape index (κ2) is 4.37. The molecule has 88 valence electrons. The molecule has 2 aromatic rings. The zero-order chi connectivity index (χ0) is 12.4. The molecular formula is C14H15NO2. The van der Waals surface area contributed by atoms with Crippen molar-refractivity contribution in [3.8, 4) is 11.5 Å². The lowest BCUT2D eigenvalue weighted by Gasteiger charge is -2.14. The third-order valence-electron chi connectivity index (χ3n) is 2.89. The van der Waals surface area contributed by atoms with E-state index in [1.807, 2.05) is 31.2 Å². The Morgan fingerprint density at radius 3 is 2.47 bits per heavy atom. The normalized spacial score (nSPS) is 12.3. The predicted molar refractivity (Wildman–Crippen MR) is 68.1 cm³/mol. The predicted octanol–water partition coefficient (Wildman–Crippen LogP) is 2.83. The molecule has 0 radical (unpaired) electrons. The van der Waals surface area contributed by atoms with Crippen molar-refractivity contribution in [3.63, 3.8) is 0 Å². The molecule has 1 unspecified atom stereocenters. The van der Waals surface area contributed by atoms with Crippen LogP contribution in [0.4, 0.5) is 5.69 Å². The van der Waals surface area contributed by atoms with Crippen molar-refractivity contribution < 1.29 is 10.2 Å². The van der Waals surface area contributed by atoms with Crippen molar-refractivity contribution in [2.24, 2.45) is 0 Å². The molecule has 2 aromatic carbocycles. The van der Waals surface area contributed by atoms with Gasteiger partial charge in [0.15, 0.2) is 0 Å². The number of phenolic OH excluding ortho intramolecular Hbond substituents is 2. The number of hydrogen-bond acceptors (Lipinski definition) is 3. The number of rotatable bonds is 2. The molecule has 0 fully saturated rings. The van der Waals surface area contributed by atoms with Gasteiger partial charge >= 0.3 is 0 Å². The molecule has 0 aromatic heterocycles. The molecule has 2 rings (SSSR count). The Morgan fingerprint density at radius 1 is 1.06 bits per heavy atom. The van der Waals surface area contributed by atoms with E-state index in [1.54, 1.807) is 12.1 Å². The summed E-state index contributed by atoms with van der Waals surface area (Å²) < 4.78 is 0. The van der Waals surface area contributed by atoms with Crippen molar-refractivity contribution in [1.82, 2.24) is 0 Å². The van der Waals surface area contributed by atoms with E-state index in [0.29, 0.717) is 5.69 Å². The maximum absolute atomic E-state index is 9.80. The van der Waals surface area contributed by atoms with Crippen LogP contribution in [0.2, 0.25) is 0 Å². The van der Waals surface area contributed by atoms with Gasteiger partial charge in [-0.15, -0.1) is 0 Å². The molecule has 17 heavy (non-hydrogen) atoms. The molecule has 0 aliphatic rings. The third-order valence-corrected chi connectivity index (χ3v) is 2.89. The van der Waals surface area contributed by atoms with Crippen molar-refractivity contribution in [3.05, 3.63) is 53.6 Å². The Kier molecular flexibility index (Phi) is 2.91. The van der Waals surface area contributed by atoms with E-state index in [0.717, 1.165) is 11.1 Å². The van der Waals surface area contributed by atoms with Crippen LogP contribution in [0.3, 0.4) is 0 Å². The van der Waals surface area contributed by atoms with Crippen LogP contribution in [-0.4, -0.2) is 10.2 Å². The molecule has 4 N–H and O–H groups in total. The number of benzene rings is 2. The summed E-state index contributed by atoms with van der Waals surface area (Å²) >= 11 is 0. The molecule has 0 heterocycles. The zero-order valence-corrected chi connectivity index (χ0v) is 9.59. The smallest absolute Gasteiger partial charge is 0.123 e.